The van der Waals surface area contributed by atoms with E-state index in [0.717, 1.165) is 4.90 Å². The van der Waals surface area contributed by atoms with Crippen molar-refractivity contribution in [3.05, 3.63) is 29.6 Å². The largest absolute Gasteiger partial charge is 0.445 e. The molecule has 2 amide bonds. The lowest BCUT2D eigenvalue weighted by atomic mass is 10.0. The number of halogens is 3. The predicted molar refractivity (Wildman–Crippen MR) is 70.1 cm³/mol. The Bertz CT molecular complexity index is 623. The van der Waals surface area contributed by atoms with Gasteiger partial charge in [-0.05, 0) is 17.7 Å². The first-order chi connectivity index (χ1) is 10.6. The molecular weight excluding hydrogens is 319 g/mol. The molecule has 3 N–H and O–H groups in total. The topological polar surface area (TPSA) is 106 Å². The van der Waals surface area contributed by atoms with E-state index < -0.39 is 36.7 Å². The van der Waals surface area contributed by atoms with Crippen LogP contribution in [0.25, 0.3) is 0 Å². The van der Waals surface area contributed by atoms with Crippen LogP contribution in [0, 0.1) is 0 Å². The molecule has 1 fully saturated rings. The number of aromatic nitrogens is 1. The first kappa shape index (κ1) is 17.0. The Balaban J connectivity index is 2.10. The number of carbonyl (C=O) groups is 2. The summed E-state index contributed by atoms with van der Waals surface area (Å²) in [5, 5.41) is 9.58. The van der Waals surface area contributed by atoms with Crippen molar-refractivity contribution < 1.29 is 32.6 Å². The van der Waals surface area contributed by atoms with Crippen molar-refractivity contribution in [2.24, 2.45) is 5.73 Å². The fraction of sp³-hybridized carbons (Fsp3) is 0.462. The zero-order chi connectivity index (χ0) is 17.3. The molecule has 2 heterocycles. The van der Waals surface area contributed by atoms with Gasteiger partial charge in [0.25, 0.3) is 5.91 Å². The quantitative estimate of drug-likeness (QED) is 0.852. The van der Waals surface area contributed by atoms with E-state index in [2.05, 4.69) is 9.72 Å². The number of pyridine rings is 1. The number of hydrogen-bond acceptors (Lipinski definition) is 5. The number of ether oxygens (including phenoxy) is 1. The molecule has 1 saturated heterocycles. The molecule has 0 spiro atoms. The normalized spacial score (nSPS) is 21.3. The molecule has 1 unspecified atom stereocenters. The average molecular weight is 333 g/mol. The molecule has 0 aliphatic carbocycles. The zero-order valence-corrected chi connectivity index (χ0v) is 11.8. The van der Waals surface area contributed by atoms with Crippen LogP contribution in [0.3, 0.4) is 0 Å². The van der Waals surface area contributed by atoms with Crippen LogP contribution in [0.5, 0.6) is 0 Å². The summed E-state index contributed by atoms with van der Waals surface area (Å²) in [5.41, 5.74) is 2.22. The van der Waals surface area contributed by atoms with Crippen LogP contribution in [-0.4, -0.2) is 51.9 Å². The van der Waals surface area contributed by atoms with Gasteiger partial charge in [0, 0.05) is 19.2 Å². The predicted octanol–water partition coefficient (Wildman–Crippen LogP) is 0.816. The summed E-state index contributed by atoms with van der Waals surface area (Å²) in [4.78, 5) is 27.4. The lowest BCUT2D eigenvalue weighted by molar-refractivity contribution is -0.253. The van der Waals surface area contributed by atoms with Crippen molar-refractivity contribution in [2.45, 2.75) is 24.8 Å². The number of nitrogens with two attached hydrogens (primary N) is 1. The van der Waals surface area contributed by atoms with Crippen LogP contribution in [0.2, 0.25) is 0 Å². The first-order valence-electron chi connectivity index (χ1n) is 6.58. The van der Waals surface area contributed by atoms with Crippen molar-refractivity contribution in [1.82, 2.24) is 9.88 Å². The van der Waals surface area contributed by atoms with Crippen LogP contribution in [0.15, 0.2) is 18.3 Å². The minimum absolute atomic E-state index is 0.109. The van der Waals surface area contributed by atoms with Gasteiger partial charge in [-0.3, -0.25) is 9.78 Å². The van der Waals surface area contributed by atoms with Crippen molar-refractivity contribution in [1.29, 1.82) is 0 Å². The molecule has 0 bridgehead atoms. The van der Waals surface area contributed by atoms with Crippen molar-refractivity contribution in [2.75, 3.05) is 13.1 Å². The van der Waals surface area contributed by atoms with Crippen molar-refractivity contribution >= 4 is 12.0 Å². The molecule has 1 aliphatic heterocycles. The molecule has 0 saturated carbocycles. The maximum Gasteiger partial charge on any atom is 0.419 e. The number of β-amino-alcohol motifs (C(OH)–C–C–N with tert-alkyl or cyclic N) is 1. The standard InChI is InChI=1S/C13H14F3N3O4/c14-13(15,16)12(22)2-4-19(7-12)10(20)9-5-8(1-3-18-9)6-23-11(17)21/h1,3,5,22H,2,4,6-7H2,(H2,17,21). The van der Waals surface area contributed by atoms with Crippen LogP contribution in [0.4, 0.5) is 18.0 Å². The summed E-state index contributed by atoms with van der Waals surface area (Å²) < 4.78 is 42.8. The van der Waals surface area contributed by atoms with Crippen LogP contribution < -0.4 is 5.73 Å². The molecule has 0 aromatic carbocycles. The maximum atomic E-state index is 12.8. The summed E-state index contributed by atoms with van der Waals surface area (Å²) >= 11 is 0. The van der Waals surface area contributed by atoms with Crippen LogP contribution >= 0.6 is 0 Å². The minimum Gasteiger partial charge on any atom is -0.445 e. The molecule has 126 valence electrons. The SMILES string of the molecule is NC(=O)OCc1ccnc(C(=O)N2CCC(O)(C(F)(F)F)C2)c1. The van der Waals surface area contributed by atoms with Crippen molar-refractivity contribution in [3.63, 3.8) is 0 Å². The van der Waals surface area contributed by atoms with Gasteiger partial charge in [0.05, 0.1) is 6.54 Å². The molecule has 1 aliphatic rings. The number of likely N-dealkylation sites (tertiary alicyclic amines) is 1. The fourth-order valence-corrected chi connectivity index (χ4v) is 2.20. The molecule has 1 aromatic heterocycles. The number of primary amides is 1. The molecular formula is C13H14F3N3O4. The van der Waals surface area contributed by atoms with Gasteiger partial charge in [-0.25, -0.2) is 4.79 Å². The van der Waals surface area contributed by atoms with E-state index in [1.807, 2.05) is 0 Å². The maximum absolute atomic E-state index is 12.8. The monoisotopic (exact) mass is 333 g/mol. The third kappa shape index (κ3) is 3.70. The Morgan fingerprint density at radius 3 is 2.74 bits per heavy atom. The van der Waals surface area contributed by atoms with E-state index in [-0.39, 0.29) is 18.8 Å². The third-order valence-electron chi connectivity index (χ3n) is 3.49. The van der Waals surface area contributed by atoms with Crippen LogP contribution in [0.1, 0.15) is 22.5 Å². The number of hydrogen-bond donors (Lipinski definition) is 2. The number of alkyl halides is 3. The molecule has 1 atom stereocenters. The Morgan fingerprint density at radius 1 is 1.48 bits per heavy atom. The Labute approximate surface area is 128 Å². The van der Waals surface area contributed by atoms with Gasteiger partial charge in [-0.1, -0.05) is 0 Å². The Morgan fingerprint density at radius 2 is 2.17 bits per heavy atom. The van der Waals surface area contributed by atoms with Gasteiger partial charge < -0.3 is 20.5 Å². The summed E-state index contributed by atoms with van der Waals surface area (Å²) in [5.74, 6) is -0.744. The van der Waals surface area contributed by atoms with E-state index in [4.69, 9.17) is 5.73 Å². The Hall–Kier alpha value is -2.36. The summed E-state index contributed by atoms with van der Waals surface area (Å²) in [6.07, 6.45) is -5.14. The fourth-order valence-electron chi connectivity index (χ4n) is 2.20. The van der Waals surface area contributed by atoms with Gasteiger partial charge in [-0.2, -0.15) is 13.2 Å². The molecule has 2 rings (SSSR count). The molecule has 1 aromatic rings. The second kappa shape index (κ2) is 6.03. The van der Waals surface area contributed by atoms with E-state index in [1.165, 1.54) is 18.3 Å². The lowest BCUT2D eigenvalue weighted by Gasteiger charge is -2.25. The smallest absolute Gasteiger partial charge is 0.419 e. The number of amides is 2. The Kier molecular flexibility index (Phi) is 4.46. The van der Waals surface area contributed by atoms with Gasteiger partial charge in [-0.15, -0.1) is 0 Å². The summed E-state index contributed by atoms with van der Waals surface area (Å²) in [6.45, 7) is -1.28. The van der Waals surface area contributed by atoms with Crippen molar-refractivity contribution in [3.8, 4) is 0 Å². The highest BCUT2D eigenvalue weighted by atomic mass is 19.4. The minimum atomic E-state index is -4.81. The van der Waals surface area contributed by atoms with Gasteiger partial charge in [0.1, 0.15) is 12.3 Å². The number of carbonyl (C=O) groups excluding carboxylic acids is 2. The molecule has 23 heavy (non-hydrogen) atoms. The second-order valence-corrected chi connectivity index (χ2v) is 5.16. The third-order valence-corrected chi connectivity index (χ3v) is 3.49. The van der Waals surface area contributed by atoms with Gasteiger partial charge in [0.2, 0.25) is 0 Å². The second-order valence-electron chi connectivity index (χ2n) is 5.16. The van der Waals surface area contributed by atoms with E-state index in [9.17, 15) is 27.9 Å². The highest BCUT2D eigenvalue weighted by molar-refractivity contribution is 5.92. The lowest BCUT2D eigenvalue weighted by Crippen LogP contribution is -2.48. The molecule has 10 heteroatoms. The highest BCUT2D eigenvalue weighted by Gasteiger charge is 2.57. The number of rotatable bonds is 3. The molecule has 7 nitrogen and oxygen atoms in total. The van der Waals surface area contributed by atoms with Gasteiger partial charge >= 0.3 is 12.3 Å². The van der Waals surface area contributed by atoms with E-state index in [1.54, 1.807) is 0 Å². The van der Waals surface area contributed by atoms with Crippen LogP contribution in [-0.2, 0) is 11.3 Å². The summed E-state index contributed by atoms with van der Waals surface area (Å²) in [7, 11) is 0. The number of nitrogens with zero attached hydrogens (tertiary/aromatic N) is 2. The molecule has 0 radical (unpaired) electrons. The van der Waals surface area contributed by atoms with E-state index >= 15 is 0 Å². The summed E-state index contributed by atoms with van der Waals surface area (Å²) in [6, 6.07) is 2.76. The average Bonchev–Trinajstić information content (AvgIpc) is 2.88. The number of aliphatic hydroxyl groups is 1. The first-order valence-corrected chi connectivity index (χ1v) is 6.58. The highest BCUT2D eigenvalue weighted by Crippen LogP contribution is 2.37. The zero-order valence-electron chi connectivity index (χ0n) is 11.8. The van der Waals surface area contributed by atoms with Gasteiger partial charge in [0.15, 0.2) is 5.60 Å². The van der Waals surface area contributed by atoms with E-state index in [0.29, 0.717) is 5.56 Å².